The first-order valence-electron chi connectivity index (χ1n) is 4.13. The number of amides is 1. The van der Waals surface area contributed by atoms with Crippen molar-refractivity contribution in [1.29, 1.82) is 0 Å². The van der Waals surface area contributed by atoms with Gasteiger partial charge in [0.25, 0.3) is 0 Å². The molecule has 0 heterocycles. The minimum Gasteiger partial charge on any atom is -0.375 e. The van der Waals surface area contributed by atoms with Gasteiger partial charge in [0, 0.05) is 0 Å². The van der Waals surface area contributed by atoms with Gasteiger partial charge in [-0.05, 0) is 23.8 Å². The zero-order chi connectivity index (χ0) is 11.4. The van der Waals surface area contributed by atoms with Gasteiger partial charge in [0.2, 0.25) is 5.91 Å². The van der Waals surface area contributed by atoms with Gasteiger partial charge < -0.3 is 5.73 Å². The average molecular weight is 227 g/mol. The van der Waals surface area contributed by atoms with Gasteiger partial charge in [0.15, 0.2) is 5.11 Å². The first-order chi connectivity index (χ1) is 7.02. The van der Waals surface area contributed by atoms with Crippen LogP contribution in [0.4, 0.5) is 4.39 Å². The minimum absolute atomic E-state index is 0.166. The summed E-state index contributed by atoms with van der Waals surface area (Å²) in [7, 11) is 0. The van der Waals surface area contributed by atoms with Crippen molar-refractivity contribution in [2.45, 2.75) is 6.42 Å². The summed E-state index contributed by atoms with van der Waals surface area (Å²) in [4.78, 5) is 11.4. The lowest BCUT2D eigenvalue weighted by Gasteiger charge is -2.13. The Balaban J connectivity index is 2.75. The van der Waals surface area contributed by atoms with E-state index in [-0.39, 0.29) is 17.1 Å². The molecule has 1 rings (SSSR count). The second-order valence-electron chi connectivity index (χ2n) is 2.87. The Labute approximate surface area is 91.6 Å². The number of rotatable bonds is 2. The van der Waals surface area contributed by atoms with Crippen molar-refractivity contribution in [2.24, 2.45) is 11.6 Å². The Morgan fingerprint density at radius 1 is 1.47 bits per heavy atom. The minimum atomic E-state index is -0.549. The number of hydrogen-bond donors (Lipinski definition) is 2. The molecular formula is C9H10FN3OS. The van der Waals surface area contributed by atoms with Crippen LogP contribution in [0.5, 0.6) is 0 Å². The topological polar surface area (TPSA) is 72.3 Å². The SMILES string of the molecule is NC(=S)N(N)C(=O)Cc1ccccc1F. The number of benzene rings is 1. The van der Waals surface area contributed by atoms with Crippen molar-refractivity contribution in [3.8, 4) is 0 Å². The number of hydrogen-bond acceptors (Lipinski definition) is 3. The molecule has 0 fully saturated rings. The van der Waals surface area contributed by atoms with Crippen molar-refractivity contribution < 1.29 is 9.18 Å². The molecule has 1 aromatic rings. The molecule has 1 aromatic carbocycles. The van der Waals surface area contributed by atoms with E-state index in [4.69, 9.17) is 11.6 Å². The highest BCUT2D eigenvalue weighted by molar-refractivity contribution is 7.80. The van der Waals surface area contributed by atoms with Crippen LogP contribution in [0.1, 0.15) is 5.56 Å². The van der Waals surface area contributed by atoms with Crippen molar-refractivity contribution in [3.63, 3.8) is 0 Å². The lowest BCUT2D eigenvalue weighted by atomic mass is 10.1. The average Bonchev–Trinajstić information content (AvgIpc) is 2.20. The van der Waals surface area contributed by atoms with Crippen molar-refractivity contribution in [2.75, 3.05) is 0 Å². The lowest BCUT2D eigenvalue weighted by molar-refractivity contribution is -0.126. The van der Waals surface area contributed by atoms with Gasteiger partial charge in [-0.1, -0.05) is 18.2 Å². The van der Waals surface area contributed by atoms with Gasteiger partial charge in [-0.15, -0.1) is 0 Å². The van der Waals surface area contributed by atoms with E-state index in [1.165, 1.54) is 18.2 Å². The number of carbonyl (C=O) groups is 1. The third-order valence-electron chi connectivity index (χ3n) is 1.81. The molecule has 1 amide bonds. The highest BCUT2D eigenvalue weighted by Crippen LogP contribution is 2.07. The molecule has 0 aromatic heterocycles. The second-order valence-corrected chi connectivity index (χ2v) is 3.29. The summed E-state index contributed by atoms with van der Waals surface area (Å²) in [6.45, 7) is 0. The van der Waals surface area contributed by atoms with Crippen LogP contribution in [0.15, 0.2) is 24.3 Å². The number of carbonyl (C=O) groups excluding carboxylic acids is 1. The Hall–Kier alpha value is -1.53. The zero-order valence-corrected chi connectivity index (χ0v) is 8.63. The van der Waals surface area contributed by atoms with Crippen LogP contribution < -0.4 is 11.6 Å². The fourth-order valence-corrected chi connectivity index (χ4v) is 1.11. The van der Waals surface area contributed by atoms with E-state index >= 15 is 0 Å². The molecule has 0 atom stereocenters. The van der Waals surface area contributed by atoms with Crippen LogP contribution in [0, 0.1) is 5.82 Å². The number of thiocarbonyl (C=S) groups is 1. The Morgan fingerprint density at radius 2 is 2.07 bits per heavy atom. The summed E-state index contributed by atoms with van der Waals surface area (Å²) in [5.74, 6) is 4.25. The van der Waals surface area contributed by atoms with E-state index in [0.29, 0.717) is 5.01 Å². The van der Waals surface area contributed by atoms with Crippen molar-refractivity contribution in [1.82, 2.24) is 5.01 Å². The molecule has 80 valence electrons. The van der Waals surface area contributed by atoms with Crippen molar-refractivity contribution in [3.05, 3.63) is 35.6 Å². The van der Waals surface area contributed by atoms with E-state index in [1.54, 1.807) is 6.07 Å². The van der Waals surface area contributed by atoms with Crippen LogP contribution in [-0.2, 0) is 11.2 Å². The molecule has 0 spiro atoms. The predicted octanol–water partition coefficient (Wildman–Crippen LogP) is 0.314. The van der Waals surface area contributed by atoms with Crippen molar-refractivity contribution >= 4 is 23.2 Å². The molecule has 6 heteroatoms. The fraction of sp³-hybridized carbons (Fsp3) is 0.111. The Morgan fingerprint density at radius 3 is 2.60 bits per heavy atom. The van der Waals surface area contributed by atoms with Crippen LogP contribution >= 0.6 is 12.2 Å². The van der Waals surface area contributed by atoms with E-state index in [9.17, 15) is 9.18 Å². The molecule has 15 heavy (non-hydrogen) atoms. The Kier molecular flexibility index (Phi) is 3.70. The molecule has 0 saturated carbocycles. The summed E-state index contributed by atoms with van der Waals surface area (Å²) < 4.78 is 13.1. The smallest absolute Gasteiger partial charge is 0.247 e. The zero-order valence-electron chi connectivity index (χ0n) is 7.81. The van der Waals surface area contributed by atoms with Gasteiger partial charge in [-0.3, -0.25) is 4.79 Å². The van der Waals surface area contributed by atoms with Crippen LogP contribution in [0.25, 0.3) is 0 Å². The molecule has 0 aliphatic carbocycles. The van der Waals surface area contributed by atoms with E-state index in [0.717, 1.165) is 0 Å². The first-order valence-corrected chi connectivity index (χ1v) is 4.53. The number of nitrogens with zero attached hydrogens (tertiary/aromatic N) is 1. The summed E-state index contributed by atoms with van der Waals surface area (Å²) in [6.07, 6.45) is -0.166. The molecule has 4 N–H and O–H groups in total. The fourth-order valence-electron chi connectivity index (χ4n) is 1.01. The molecule has 0 bridgehead atoms. The summed E-state index contributed by atoms with van der Waals surface area (Å²) in [5.41, 5.74) is 5.40. The highest BCUT2D eigenvalue weighted by atomic mass is 32.1. The number of nitrogens with two attached hydrogens (primary N) is 2. The number of halogens is 1. The maximum Gasteiger partial charge on any atom is 0.247 e. The molecule has 0 unspecified atom stereocenters. The van der Waals surface area contributed by atoms with Gasteiger partial charge in [0.05, 0.1) is 6.42 Å². The molecule has 0 aliphatic heterocycles. The van der Waals surface area contributed by atoms with E-state index in [2.05, 4.69) is 12.2 Å². The summed E-state index contributed by atoms with van der Waals surface area (Å²) in [6, 6.07) is 5.94. The molecular weight excluding hydrogens is 217 g/mol. The third kappa shape index (κ3) is 2.97. The largest absolute Gasteiger partial charge is 0.375 e. The maximum absolute atomic E-state index is 13.1. The Bertz CT molecular complexity index is 397. The predicted molar refractivity (Wildman–Crippen MR) is 57.9 cm³/mol. The van der Waals surface area contributed by atoms with E-state index < -0.39 is 11.7 Å². The van der Waals surface area contributed by atoms with Crippen LogP contribution in [-0.4, -0.2) is 16.0 Å². The quantitative estimate of drug-likeness (QED) is 0.330. The third-order valence-corrected chi connectivity index (χ3v) is 2.00. The lowest BCUT2D eigenvalue weighted by Crippen LogP contribution is -2.46. The normalized spacial score (nSPS) is 9.73. The molecule has 0 saturated heterocycles. The second kappa shape index (κ2) is 4.81. The van der Waals surface area contributed by atoms with Crippen LogP contribution in [0.3, 0.4) is 0 Å². The standard InChI is InChI=1S/C9H10FN3OS/c10-7-4-2-1-3-6(7)5-8(14)13(12)9(11)15/h1-4H,5,12H2,(H2,11,15). The monoisotopic (exact) mass is 227 g/mol. The first kappa shape index (κ1) is 11.5. The number of hydrazine groups is 1. The summed E-state index contributed by atoms with van der Waals surface area (Å²) in [5, 5.41) is 0.387. The molecule has 0 radical (unpaired) electrons. The van der Waals surface area contributed by atoms with Gasteiger partial charge >= 0.3 is 0 Å². The molecule has 0 aliphatic rings. The van der Waals surface area contributed by atoms with Crippen LogP contribution in [0.2, 0.25) is 0 Å². The maximum atomic E-state index is 13.1. The summed E-state index contributed by atoms with van der Waals surface area (Å²) >= 11 is 4.51. The van der Waals surface area contributed by atoms with E-state index in [1.807, 2.05) is 0 Å². The van der Waals surface area contributed by atoms with Gasteiger partial charge in [-0.2, -0.15) is 0 Å². The highest BCUT2D eigenvalue weighted by Gasteiger charge is 2.14. The van der Waals surface area contributed by atoms with Gasteiger partial charge in [-0.25, -0.2) is 15.2 Å². The van der Waals surface area contributed by atoms with Gasteiger partial charge in [0.1, 0.15) is 5.82 Å². The molecule has 4 nitrogen and oxygen atoms in total.